The Morgan fingerprint density at radius 1 is 1.11 bits per heavy atom. The Kier molecular flexibility index (Phi) is 8.32. The van der Waals surface area contributed by atoms with E-state index >= 15 is 0 Å². The molecule has 0 saturated carbocycles. The zero-order valence-corrected chi connectivity index (χ0v) is 22.9. The molecule has 1 aliphatic heterocycles. The lowest BCUT2D eigenvalue weighted by Crippen LogP contribution is -2.48. The molecule has 1 aromatic heterocycles. The maximum atomic E-state index is 14.0. The van der Waals surface area contributed by atoms with E-state index < -0.39 is 21.9 Å². The van der Waals surface area contributed by atoms with Gasteiger partial charge in [-0.2, -0.15) is 4.31 Å². The van der Waals surface area contributed by atoms with Crippen LogP contribution in [0.15, 0.2) is 41.3 Å². The van der Waals surface area contributed by atoms with Crippen LogP contribution in [-0.2, 0) is 14.8 Å². The quantitative estimate of drug-likeness (QED) is 0.381. The van der Waals surface area contributed by atoms with Gasteiger partial charge in [-0.1, -0.05) is 11.3 Å². The van der Waals surface area contributed by atoms with Crippen LogP contribution in [0.5, 0.6) is 11.5 Å². The zero-order chi connectivity index (χ0) is 26.7. The number of hydrogen-bond acceptors (Lipinski definition) is 8. The van der Waals surface area contributed by atoms with E-state index in [2.05, 4.69) is 0 Å². The molecule has 1 unspecified atom stereocenters. The number of halogens is 1. The molecule has 4 rings (SSSR count). The number of anilines is 1. The number of aromatic nitrogens is 1. The van der Waals surface area contributed by atoms with Crippen molar-refractivity contribution in [2.24, 2.45) is 0 Å². The van der Waals surface area contributed by atoms with E-state index in [9.17, 15) is 17.6 Å². The lowest BCUT2D eigenvalue weighted by atomic mass is 10.2. The summed E-state index contributed by atoms with van der Waals surface area (Å²) in [6, 6.07) is 7.33. The fourth-order valence-corrected chi connectivity index (χ4v) is 7.19. The molecule has 37 heavy (non-hydrogen) atoms. The van der Waals surface area contributed by atoms with E-state index in [4.69, 9.17) is 14.5 Å². The van der Waals surface area contributed by atoms with Crippen LogP contribution >= 0.6 is 11.3 Å². The van der Waals surface area contributed by atoms with E-state index in [-0.39, 0.29) is 17.3 Å². The van der Waals surface area contributed by atoms with Crippen LogP contribution in [0, 0.1) is 5.82 Å². The Balaban J connectivity index is 1.71. The summed E-state index contributed by atoms with van der Waals surface area (Å²) in [5.41, 5.74) is 0.578. The third kappa shape index (κ3) is 5.57. The summed E-state index contributed by atoms with van der Waals surface area (Å²) in [6.07, 6.45) is 1.60. The summed E-state index contributed by atoms with van der Waals surface area (Å²) < 4.78 is 53.2. The van der Waals surface area contributed by atoms with Gasteiger partial charge in [0.15, 0.2) is 5.13 Å². The highest BCUT2D eigenvalue weighted by atomic mass is 32.2. The van der Waals surface area contributed by atoms with Crippen LogP contribution in [0.2, 0.25) is 0 Å². The van der Waals surface area contributed by atoms with Gasteiger partial charge in [0.1, 0.15) is 33.6 Å². The molecule has 0 N–H and O–H groups in total. The van der Waals surface area contributed by atoms with Gasteiger partial charge in [-0.15, -0.1) is 0 Å². The maximum absolute atomic E-state index is 14.0. The van der Waals surface area contributed by atoms with E-state index in [1.807, 2.05) is 19.0 Å². The number of carbonyl (C=O) groups is 1. The molecular weight excluding hydrogens is 519 g/mol. The molecule has 1 atom stereocenters. The standard InChI is InChI=1S/C25H31FN4O5S2/c1-28(2)14-6-15-29(25-27-22-20(34-3)12-13-21(35-4)23(22)36-25)24(31)19-7-5-16-30(19)37(32,33)18-10-8-17(26)9-11-18/h8-13,19H,5-7,14-16H2,1-4H3. The number of benzene rings is 2. The monoisotopic (exact) mass is 550 g/mol. The smallest absolute Gasteiger partial charge is 0.247 e. The van der Waals surface area contributed by atoms with Crippen molar-refractivity contribution in [3.8, 4) is 11.5 Å². The third-order valence-corrected chi connectivity index (χ3v) is 9.31. The predicted octanol–water partition coefficient (Wildman–Crippen LogP) is 3.59. The van der Waals surface area contributed by atoms with E-state index in [1.54, 1.807) is 31.3 Å². The van der Waals surface area contributed by atoms with Crippen molar-refractivity contribution in [2.75, 3.05) is 52.8 Å². The van der Waals surface area contributed by atoms with Crippen LogP contribution in [0.25, 0.3) is 10.2 Å². The van der Waals surface area contributed by atoms with Crippen LogP contribution in [0.3, 0.4) is 0 Å². The first kappa shape index (κ1) is 27.2. The number of sulfonamides is 1. The Morgan fingerprint density at radius 2 is 1.78 bits per heavy atom. The van der Waals surface area contributed by atoms with Gasteiger partial charge in [0.25, 0.3) is 0 Å². The molecular formula is C25H31FN4O5S2. The Morgan fingerprint density at radius 3 is 2.43 bits per heavy atom. The van der Waals surface area contributed by atoms with Crippen molar-refractivity contribution in [3.63, 3.8) is 0 Å². The SMILES string of the molecule is COc1ccc(OC)c2sc(N(CCCN(C)C)C(=O)C3CCCN3S(=O)(=O)c3ccc(F)cc3)nc12. The van der Waals surface area contributed by atoms with Gasteiger partial charge >= 0.3 is 0 Å². The van der Waals surface area contributed by atoms with Gasteiger partial charge in [-0.05, 0) is 76.3 Å². The molecule has 3 aromatic rings. The molecule has 1 amide bonds. The minimum Gasteiger partial charge on any atom is -0.495 e. The number of methoxy groups -OCH3 is 2. The normalized spacial score (nSPS) is 16.4. The van der Waals surface area contributed by atoms with E-state index in [0.717, 1.165) is 23.4 Å². The van der Waals surface area contributed by atoms with Crippen LogP contribution in [0.1, 0.15) is 19.3 Å². The molecule has 1 aliphatic rings. The first-order valence-corrected chi connectivity index (χ1v) is 14.2. The minimum atomic E-state index is -3.99. The number of nitrogens with zero attached hydrogens (tertiary/aromatic N) is 4. The van der Waals surface area contributed by atoms with Gasteiger partial charge in [0, 0.05) is 13.1 Å². The highest BCUT2D eigenvalue weighted by Crippen LogP contribution is 2.41. The highest BCUT2D eigenvalue weighted by molar-refractivity contribution is 7.89. The second-order valence-corrected chi connectivity index (χ2v) is 11.9. The summed E-state index contributed by atoms with van der Waals surface area (Å²) >= 11 is 1.30. The van der Waals surface area contributed by atoms with Crippen molar-refractivity contribution in [2.45, 2.75) is 30.2 Å². The third-order valence-electron chi connectivity index (χ3n) is 6.29. The van der Waals surface area contributed by atoms with E-state index in [0.29, 0.717) is 48.0 Å². The Labute approximate surface area is 220 Å². The number of amides is 1. The number of thiazole rings is 1. The van der Waals surface area contributed by atoms with Gasteiger partial charge < -0.3 is 14.4 Å². The average Bonchev–Trinajstić information content (AvgIpc) is 3.54. The number of hydrogen-bond donors (Lipinski definition) is 0. The largest absolute Gasteiger partial charge is 0.495 e. The van der Waals surface area contributed by atoms with E-state index in [1.165, 1.54) is 27.8 Å². The Bertz CT molecular complexity index is 1320. The van der Waals surface area contributed by atoms with Crippen molar-refractivity contribution < 1.29 is 27.1 Å². The van der Waals surface area contributed by atoms with Gasteiger partial charge in [0.05, 0.1) is 19.1 Å². The molecule has 1 saturated heterocycles. The number of ether oxygens (including phenoxy) is 2. The summed E-state index contributed by atoms with van der Waals surface area (Å²) in [7, 11) is 3.03. The summed E-state index contributed by atoms with van der Waals surface area (Å²) in [6.45, 7) is 1.31. The summed E-state index contributed by atoms with van der Waals surface area (Å²) in [4.78, 5) is 22.3. The first-order chi connectivity index (χ1) is 17.7. The van der Waals surface area contributed by atoms with Crippen molar-refractivity contribution >= 4 is 42.6 Å². The molecule has 0 aliphatic carbocycles. The van der Waals surface area contributed by atoms with Crippen LogP contribution < -0.4 is 14.4 Å². The molecule has 200 valence electrons. The van der Waals surface area contributed by atoms with Crippen LogP contribution in [0.4, 0.5) is 9.52 Å². The van der Waals surface area contributed by atoms with Crippen LogP contribution in [-0.4, -0.2) is 82.5 Å². The molecule has 2 heterocycles. The molecule has 0 bridgehead atoms. The van der Waals surface area contributed by atoms with Crippen molar-refractivity contribution in [3.05, 3.63) is 42.2 Å². The predicted molar refractivity (Wildman–Crippen MR) is 142 cm³/mol. The van der Waals surface area contributed by atoms with Gasteiger partial charge in [-0.25, -0.2) is 17.8 Å². The number of rotatable bonds is 10. The number of fused-ring (bicyclic) bond motifs is 1. The maximum Gasteiger partial charge on any atom is 0.247 e. The van der Waals surface area contributed by atoms with Gasteiger partial charge in [0.2, 0.25) is 15.9 Å². The average molecular weight is 551 g/mol. The molecule has 1 fully saturated rings. The summed E-state index contributed by atoms with van der Waals surface area (Å²) in [5.74, 6) is 0.308. The lowest BCUT2D eigenvalue weighted by Gasteiger charge is -2.29. The minimum absolute atomic E-state index is 0.0396. The molecule has 0 radical (unpaired) electrons. The molecule has 0 spiro atoms. The molecule has 2 aromatic carbocycles. The van der Waals surface area contributed by atoms with Crippen molar-refractivity contribution in [1.82, 2.24) is 14.2 Å². The van der Waals surface area contributed by atoms with Gasteiger partial charge in [-0.3, -0.25) is 9.69 Å². The summed E-state index contributed by atoms with van der Waals surface area (Å²) in [5, 5.41) is 0.451. The Hall–Kier alpha value is -2.80. The van der Waals surface area contributed by atoms with Crippen molar-refractivity contribution in [1.29, 1.82) is 0 Å². The molecule has 12 heteroatoms. The lowest BCUT2D eigenvalue weighted by molar-refractivity contribution is -0.121. The first-order valence-electron chi connectivity index (χ1n) is 11.9. The second kappa shape index (κ2) is 11.3. The fourth-order valence-electron chi connectivity index (χ4n) is 4.43. The zero-order valence-electron chi connectivity index (χ0n) is 21.3. The second-order valence-electron chi connectivity index (χ2n) is 9.02. The fraction of sp³-hybridized carbons (Fsp3) is 0.440. The number of carbonyl (C=O) groups excluding carboxylic acids is 1. The highest BCUT2D eigenvalue weighted by Gasteiger charge is 2.42. The molecule has 9 nitrogen and oxygen atoms in total. The topological polar surface area (TPSA) is 92.3 Å².